The maximum atomic E-state index is 13.0. The maximum absolute atomic E-state index is 13.0. The molecule has 0 radical (unpaired) electrons. The molecule has 1 aliphatic heterocycles. The summed E-state index contributed by atoms with van der Waals surface area (Å²) in [6.45, 7) is 2.00. The van der Waals surface area contributed by atoms with Crippen LogP contribution in [0.15, 0.2) is 24.3 Å². The van der Waals surface area contributed by atoms with Gasteiger partial charge in [-0.3, -0.25) is 0 Å². The average molecular weight is 151 g/mol. The van der Waals surface area contributed by atoms with Gasteiger partial charge < -0.3 is 4.90 Å². The van der Waals surface area contributed by atoms with Crippen LogP contribution in [0.3, 0.4) is 0 Å². The van der Waals surface area contributed by atoms with Crippen LogP contribution >= 0.6 is 0 Å². The van der Waals surface area contributed by atoms with Gasteiger partial charge >= 0.3 is 0 Å². The molecule has 1 aromatic carbocycles. The van der Waals surface area contributed by atoms with E-state index in [1.54, 1.807) is 6.07 Å². The third kappa shape index (κ3) is 1.09. The smallest absolute Gasteiger partial charge is 0.146 e. The van der Waals surface area contributed by atoms with E-state index in [0.717, 1.165) is 18.8 Å². The number of benzene rings is 1. The van der Waals surface area contributed by atoms with Crippen molar-refractivity contribution in [3.05, 3.63) is 30.1 Å². The topological polar surface area (TPSA) is 3.24 Å². The SMILES string of the molecule is Fc1ccccc1N1CCC1. The van der Waals surface area contributed by atoms with Crippen LogP contribution in [0.4, 0.5) is 10.1 Å². The Morgan fingerprint density at radius 1 is 1.18 bits per heavy atom. The summed E-state index contributed by atoms with van der Waals surface area (Å²) in [5, 5.41) is 0. The molecule has 11 heavy (non-hydrogen) atoms. The number of rotatable bonds is 1. The van der Waals surface area contributed by atoms with Crippen molar-refractivity contribution in [1.29, 1.82) is 0 Å². The quantitative estimate of drug-likeness (QED) is 0.593. The van der Waals surface area contributed by atoms with Gasteiger partial charge in [-0.25, -0.2) is 4.39 Å². The highest BCUT2D eigenvalue weighted by atomic mass is 19.1. The molecule has 0 unspecified atom stereocenters. The van der Waals surface area contributed by atoms with Gasteiger partial charge in [-0.05, 0) is 18.6 Å². The first kappa shape index (κ1) is 6.65. The van der Waals surface area contributed by atoms with Gasteiger partial charge in [-0.15, -0.1) is 0 Å². The molecule has 1 aromatic rings. The molecule has 0 atom stereocenters. The molecule has 1 fully saturated rings. The second kappa shape index (κ2) is 2.53. The monoisotopic (exact) mass is 151 g/mol. The minimum atomic E-state index is -0.104. The fourth-order valence-corrected chi connectivity index (χ4v) is 1.27. The third-order valence-corrected chi connectivity index (χ3v) is 2.05. The van der Waals surface area contributed by atoms with Gasteiger partial charge in [0.05, 0.1) is 5.69 Å². The predicted molar refractivity (Wildman–Crippen MR) is 43.2 cm³/mol. The van der Waals surface area contributed by atoms with Gasteiger partial charge in [0.15, 0.2) is 0 Å². The molecule has 58 valence electrons. The van der Waals surface area contributed by atoms with Crippen LogP contribution in [0, 0.1) is 5.82 Å². The van der Waals surface area contributed by atoms with Crippen molar-refractivity contribution < 1.29 is 4.39 Å². The molecular formula is C9H10FN. The van der Waals surface area contributed by atoms with E-state index in [4.69, 9.17) is 0 Å². The summed E-state index contributed by atoms with van der Waals surface area (Å²) in [6.07, 6.45) is 1.19. The minimum Gasteiger partial charge on any atom is -0.369 e. The summed E-state index contributed by atoms with van der Waals surface area (Å²) < 4.78 is 13.0. The van der Waals surface area contributed by atoms with Crippen LogP contribution < -0.4 is 4.90 Å². The predicted octanol–water partition coefficient (Wildman–Crippen LogP) is 2.04. The summed E-state index contributed by atoms with van der Waals surface area (Å²) in [6, 6.07) is 6.93. The number of hydrogen-bond acceptors (Lipinski definition) is 1. The Labute approximate surface area is 65.4 Å². The Hall–Kier alpha value is -1.05. The highest BCUT2D eigenvalue weighted by molar-refractivity contribution is 5.49. The first-order valence-electron chi connectivity index (χ1n) is 3.87. The lowest BCUT2D eigenvalue weighted by Gasteiger charge is -2.33. The van der Waals surface area contributed by atoms with Crippen molar-refractivity contribution in [3.8, 4) is 0 Å². The molecular weight excluding hydrogens is 141 g/mol. The molecule has 0 aliphatic carbocycles. The van der Waals surface area contributed by atoms with E-state index in [0.29, 0.717) is 0 Å². The zero-order valence-electron chi connectivity index (χ0n) is 6.26. The van der Waals surface area contributed by atoms with E-state index in [2.05, 4.69) is 4.90 Å². The fraction of sp³-hybridized carbons (Fsp3) is 0.333. The lowest BCUT2D eigenvalue weighted by Crippen LogP contribution is -2.37. The van der Waals surface area contributed by atoms with Gasteiger partial charge in [-0.2, -0.15) is 0 Å². The zero-order valence-corrected chi connectivity index (χ0v) is 6.26. The molecule has 2 heteroatoms. The van der Waals surface area contributed by atoms with E-state index >= 15 is 0 Å². The van der Waals surface area contributed by atoms with Crippen molar-refractivity contribution in [2.45, 2.75) is 6.42 Å². The Morgan fingerprint density at radius 2 is 1.91 bits per heavy atom. The number of nitrogens with zero attached hydrogens (tertiary/aromatic N) is 1. The normalized spacial score (nSPS) is 16.3. The van der Waals surface area contributed by atoms with Crippen LogP contribution in [0.2, 0.25) is 0 Å². The summed E-state index contributed by atoms with van der Waals surface area (Å²) in [7, 11) is 0. The second-order valence-electron chi connectivity index (χ2n) is 2.79. The van der Waals surface area contributed by atoms with E-state index < -0.39 is 0 Å². The molecule has 0 saturated carbocycles. The highest BCUT2D eigenvalue weighted by Crippen LogP contribution is 2.22. The first-order chi connectivity index (χ1) is 5.38. The zero-order chi connectivity index (χ0) is 7.68. The Kier molecular flexibility index (Phi) is 1.53. The third-order valence-electron chi connectivity index (χ3n) is 2.05. The van der Waals surface area contributed by atoms with E-state index in [9.17, 15) is 4.39 Å². The number of halogens is 1. The van der Waals surface area contributed by atoms with Crippen molar-refractivity contribution in [3.63, 3.8) is 0 Å². The second-order valence-corrected chi connectivity index (χ2v) is 2.79. The number of hydrogen-bond donors (Lipinski definition) is 0. The van der Waals surface area contributed by atoms with Gasteiger partial charge in [0.25, 0.3) is 0 Å². The van der Waals surface area contributed by atoms with Gasteiger partial charge in [0, 0.05) is 13.1 Å². The van der Waals surface area contributed by atoms with E-state index in [1.807, 2.05) is 12.1 Å². The Balaban J connectivity index is 2.28. The van der Waals surface area contributed by atoms with Crippen molar-refractivity contribution in [1.82, 2.24) is 0 Å². The highest BCUT2D eigenvalue weighted by Gasteiger charge is 2.16. The Morgan fingerprint density at radius 3 is 2.45 bits per heavy atom. The maximum Gasteiger partial charge on any atom is 0.146 e. The van der Waals surface area contributed by atoms with E-state index in [1.165, 1.54) is 12.5 Å². The number of para-hydroxylation sites is 1. The van der Waals surface area contributed by atoms with Crippen LogP contribution in [0.25, 0.3) is 0 Å². The molecule has 2 rings (SSSR count). The van der Waals surface area contributed by atoms with Crippen molar-refractivity contribution in [2.24, 2.45) is 0 Å². The molecule has 0 N–H and O–H groups in total. The van der Waals surface area contributed by atoms with Gasteiger partial charge in [-0.1, -0.05) is 12.1 Å². The largest absolute Gasteiger partial charge is 0.369 e. The summed E-state index contributed by atoms with van der Waals surface area (Å²) in [5.74, 6) is -0.104. The molecule has 1 aliphatic rings. The van der Waals surface area contributed by atoms with Crippen LogP contribution in [0.1, 0.15) is 6.42 Å². The fourth-order valence-electron chi connectivity index (χ4n) is 1.27. The summed E-state index contributed by atoms with van der Waals surface area (Å²) in [5.41, 5.74) is 0.749. The van der Waals surface area contributed by atoms with Crippen LogP contribution in [-0.4, -0.2) is 13.1 Å². The summed E-state index contributed by atoms with van der Waals surface area (Å²) >= 11 is 0. The summed E-state index contributed by atoms with van der Waals surface area (Å²) in [4.78, 5) is 2.05. The van der Waals surface area contributed by atoms with Crippen molar-refractivity contribution >= 4 is 5.69 Å². The van der Waals surface area contributed by atoms with Gasteiger partial charge in [0.2, 0.25) is 0 Å². The first-order valence-corrected chi connectivity index (χ1v) is 3.87. The van der Waals surface area contributed by atoms with Gasteiger partial charge in [0.1, 0.15) is 5.82 Å². The molecule has 0 spiro atoms. The molecule has 0 bridgehead atoms. The average Bonchev–Trinajstić information content (AvgIpc) is 1.90. The van der Waals surface area contributed by atoms with Crippen molar-refractivity contribution in [2.75, 3.05) is 18.0 Å². The molecule has 1 nitrogen and oxygen atoms in total. The minimum absolute atomic E-state index is 0.104. The van der Waals surface area contributed by atoms with Crippen LogP contribution in [0.5, 0.6) is 0 Å². The lowest BCUT2D eigenvalue weighted by atomic mass is 10.2. The lowest BCUT2D eigenvalue weighted by molar-refractivity contribution is 0.573. The molecule has 1 saturated heterocycles. The molecule has 1 heterocycles. The molecule has 0 aromatic heterocycles. The van der Waals surface area contributed by atoms with Crippen LogP contribution in [-0.2, 0) is 0 Å². The standard InChI is InChI=1S/C9H10FN/c10-8-4-1-2-5-9(8)11-6-3-7-11/h1-2,4-5H,3,6-7H2. The Bertz CT molecular complexity index is 255. The molecule has 0 amide bonds. The van der Waals surface area contributed by atoms with E-state index in [-0.39, 0.29) is 5.82 Å². The number of anilines is 1.